The number of carbonyl (C=O) groups excluding carboxylic acids is 2. The number of hydrogen-bond acceptors (Lipinski definition) is 7. The Hall–Kier alpha value is -1.47. The molecule has 0 atom stereocenters. The molecule has 2 rings (SSSR count). The lowest BCUT2D eigenvalue weighted by Crippen LogP contribution is -2.11. The highest BCUT2D eigenvalue weighted by Gasteiger charge is 2.22. The van der Waals surface area contributed by atoms with Crippen molar-refractivity contribution in [3.63, 3.8) is 0 Å². The first-order chi connectivity index (χ1) is 10.1. The summed E-state index contributed by atoms with van der Waals surface area (Å²) < 4.78 is 10.4. The van der Waals surface area contributed by atoms with Crippen molar-refractivity contribution in [3.8, 4) is 0 Å². The van der Waals surface area contributed by atoms with Gasteiger partial charge < -0.3 is 14.8 Å². The molecule has 0 bridgehead atoms. The van der Waals surface area contributed by atoms with Crippen molar-refractivity contribution < 1.29 is 19.1 Å². The molecule has 0 radical (unpaired) electrons. The van der Waals surface area contributed by atoms with Crippen LogP contribution in [0.2, 0.25) is 0 Å². The lowest BCUT2D eigenvalue weighted by molar-refractivity contribution is 0.0517. The molecule has 6 nitrogen and oxygen atoms in total. The van der Waals surface area contributed by atoms with E-state index in [9.17, 15) is 9.59 Å². The highest BCUT2D eigenvalue weighted by atomic mass is 32.1. The fourth-order valence-corrected chi connectivity index (χ4v) is 2.61. The molecule has 0 aromatic carbocycles. The lowest BCUT2D eigenvalue weighted by Gasteiger charge is -2.03. The van der Waals surface area contributed by atoms with E-state index in [1.807, 2.05) is 0 Å². The van der Waals surface area contributed by atoms with Crippen LogP contribution in [0.25, 0.3) is 0 Å². The van der Waals surface area contributed by atoms with Crippen LogP contribution < -0.4 is 5.32 Å². The number of ketones is 1. The first kappa shape index (κ1) is 15.9. The quantitative estimate of drug-likeness (QED) is 0.428. The molecule has 1 fully saturated rings. The Balaban J connectivity index is 1.87. The zero-order chi connectivity index (χ0) is 15.2. The molecular formula is C14H20N2O4S. The van der Waals surface area contributed by atoms with Crippen LogP contribution in [0.5, 0.6) is 0 Å². The van der Waals surface area contributed by atoms with Gasteiger partial charge in [-0.3, -0.25) is 4.79 Å². The maximum atomic E-state index is 11.8. The van der Waals surface area contributed by atoms with E-state index in [1.165, 1.54) is 31.1 Å². The second-order valence-corrected chi connectivity index (χ2v) is 5.92. The van der Waals surface area contributed by atoms with Crippen molar-refractivity contribution in [2.24, 2.45) is 5.92 Å². The van der Waals surface area contributed by atoms with Crippen molar-refractivity contribution in [1.29, 1.82) is 0 Å². The summed E-state index contributed by atoms with van der Waals surface area (Å²) in [7, 11) is 0. The Kier molecular flexibility index (Phi) is 5.69. The normalized spacial score (nSPS) is 14.0. The van der Waals surface area contributed by atoms with Gasteiger partial charge in [0.25, 0.3) is 0 Å². The second kappa shape index (κ2) is 7.51. The molecule has 116 valence electrons. The second-order valence-electron chi connectivity index (χ2n) is 4.92. The van der Waals surface area contributed by atoms with Gasteiger partial charge in [-0.15, -0.1) is 0 Å². The maximum Gasteiger partial charge on any atom is 0.358 e. The third kappa shape index (κ3) is 4.78. The van der Waals surface area contributed by atoms with E-state index in [1.54, 1.807) is 6.92 Å². The number of carbonyl (C=O) groups is 2. The molecule has 1 heterocycles. The Labute approximate surface area is 127 Å². The SMILES string of the molecule is CCOC(=O)c1nc(NCCOCC2CC2)sc1C(C)=O. The monoisotopic (exact) mass is 312 g/mol. The van der Waals surface area contributed by atoms with Crippen LogP contribution in [-0.4, -0.2) is 43.1 Å². The largest absolute Gasteiger partial charge is 0.461 e. The Morgan fingerprint density at radius 2 is 2.19 bits per heavy atom. The first-order valence-electron chi connectivity index (χ1n) is 7.12. The van der Waals surface area contributed by atoms with Gasteiger partial charge in [0.05, 0.1) is 13.2 Å². The van der Waals surface area contributed by atoms with Gasteiger partial charge in [0.15, 0.2) is 16.6 Å². The number of nitrogens with zero attached hydrogens (tertiary/aromatic N) is 1. The standard InChI is InChI=1S/C14H20N2O4S/c1-3-20-13(18)11-12(9(2)17)21-14(16-11)15-6-7-19-8-10-4-5-10/h10H,3-8H2,1-2H3,(H,15,16). The van der Waals surface area contributed by atoms with E-state index in [0.29, 0.717) is 23.2 Å². The van der Waals surface area contributed by atoms with Crippen molar-refractivity contribution in [3.05, 3.63) is 10.6 Å². The molecule has 1 aromatic heterocycles. The average molecular weight is 312 g/mol. The predicted molar refractivity (Wildman–Crippen MR) is 80.1 cm³/mol. The van der Waals surface area contributed by atoms with Gasteiger partial charge >= 0.3 is 5.97 Å². The summed E-state index contributed by atoms with van der Waals surface area (Å²) in [6, 6.07) is 0. The zero-order valence-electron chi connectivity index (χ0n) is 12.3. The van der Waals surface area contributed by atoms with Gasteiger partial charge in [-0.2, -0.15) is 0 Å². The fraction of sp³-hybridized carbons (Fsp3) is 0.643. The zero-order valence-corrected chi connectivity index (χ0v) is 13.1. The summed E-state index contributed by atoms with van der Waals surface area (Å²) >= 11 is 1.17. The van der Waals surface area contributed by atoms with Crippen molar-refractivity contribution in [2.45, 2.75) is 26.7 Å². The van der Waals surface area contributed by atoms with Crippen LogP contribution >= 0.6 is 11.3 Å². The van der Waals surface area contributed by atoms with Crippen LogP contribution in [0.4, 0.5) is 5.13 Å². The van der Waals surface area contributed by atoms with E-state index in [4.69, 9.17) is 9.47 Å². The molecule has 0 amide bonds. The highest BCUT2D eigenvalue weighted by molar-refractivity contribution is 7.17. The number of nitrogens with one attached hydrogen (secondary N) is 1. The number of Topliss-reactive ketones (excluding diaryl/α,β-unsaturated/α-hetero) is 1. The van der Waals surface area contributed by atoms with Crippen molar-refractivity contribution in [2.75, 3.05) is 31.7 Å². The smallest absolute Gasteiger partial charge is 0.358 e. The summed E-state index contributed by atoms with van der Waals surface area (Å²) in [5.74, 6) is -0.00448. The number of esters is 1. The number of thiazole rings is 1. The lowest BCUT2D eigenvalue weighted by atomic mass is 10.3. The molecule has 0 unspecified atom stereocenters. The van der Waals surface area contributed by atoms with Crippen LogP contribution in [0, 0.1) is 5.92 Å². The minimum absolute atomic E-state index is 0.0933. The van der Waals surface area contributed by atoms with Crippen LogP contribution in [-0.2, 0) is 9.47 Å². The number of ether oxygens (including phenoxy) is 2. The number of anilines is 1. The third-order valence-electron chi connectivity index (χ3n) is 2.99. The molecule has 0 saturated heterocycles. The summed E-state index contributed by atoms with van der Waals surface area (Å²) in [6.45, 7) is 5.38. The molecule has 1 aliphatic rings. The molecule has 1 N–H and O–H groups in total. The first-order valence-corrected chi connectivity index (χ1v) is 7.94. The summed E-state index contributed by atoms with van der Waals surface area (Å²) in [4.78, 5) is 27.8. The van der Waals surface area contributed by atoms with Gasteiger partial charge in [0, 0.05) is 20.1 Å². The molecule has 1 saturated carbocycles. The topological polar surface area (TPSA) is 77.5 Å². The van der Waals surface area contributed by atoms with E-state index >= 15 is 0 Å². The van der Waals surface area contributed by atoms with E-state index in [2.05, 4.69) is 10.3 Å². The predicted octanol–water partition coefficient (Wildman–Crippen LogP) is 2.36. The molecular weight excluding hydrogens is 292 g/mol. The summed E-state index contributed by atoms with van der Waals surface area (Å²) in [5.41, 5.74) is 0.0933. The van der Waals surface area contributed by atoms with Gasteiger partial charge in [0.1, 0.15) is 4.88 Å². The van der Waals surface area contributed by atoms with E-state index in [-0.39, 0.29) is 18.1 Å². The fourth-order valence-electron chi connectivity index (χ4n) is 1.74. The molecule has 0 spiro atoms. The third-order valence-corrected chi connectivity index (χ3v) is 4.10. The maximum absolute atomic E-state index is 11.8. The van der Waals surface area contributed by atoms with Crippen molar-refractivity contribution >= 4 is 28.2 Å². The molecule has 0 aliphatic heterocycles. The minimum Gasteiger partial charge on any atom is -0.461 e. The molecule has 1 aromatic rings. The Morgan fingerprint density at radius 3 is 2.81 bits per heavy atom. The molecule has 1 aliphatic carbocycles. The number of aromatic nitrogens is 1. The van der Waals surface area contributed by atoms with Crippen LogP contribution in [0.1, 0.15) is 46.8 Å². The van der Waals surface area contributed by atoms with Crippen molar-refractivity contribution in [1.82, 2.24) is 4.98 Å². The average Bonchev–Trinajstić information content (AvgIpc) is 3.15. The molecule has 21 heavy (non-hydrogen) atoms. The molecule has 7 heteroatoms. The van der Waals surface area contributed by atoms with Gasteiger partial charge in [-0.05, 0) is 25.7 Å². The van der Waals surface area contributed by atoms with Crippen LogP contribution in [0.15, 0.2) is 0 Å². The minimum atomic E-state index is -0.558. The van der Waals surface area contributed by atoms with Gasteiger partial charge in [0.2, 0.25) is 0 Å². The number of rotatable bonds is 9. The highest BCUT2D eigenvalue weighted by Crippen LogP contribution is 2.28. The van der Waals surface area contributed by atoms with E-state index in [0.717, 1.165) is 12.5 Å². The summed E-state index contributed by atoms with van der Waals surface area (Å²) in [5, 5.41) is 3.61. The van der Waals surface area contributed by atoms with Crippen LogP contribution in [0.3, 0.4) is 0 Å². The Bertz CT molecular complexity index is 511. The Morgan fingerprint density at radius 1 is 1.43 bits per heavy atom. The van der Waals surface area contributed by atoms with Gasteiger partial charge in [-0.25, -0.2) is 9.78 Å². The van der Waals surface area contributed by atoms with Gasteiger partial charge in [-0.1, -0.05) is 11.3 Å². The number of hydrogen-bond donors (Lipinski definition) is 1. The van der Waals surface area contributed by atoms with E-state index < -0.39 is 5.97 Å². The summed E-state index contributed by atoms with van der Waals surface area (Å²) in [6.07, 6.45) is 2.54.